The van der Waals surface area contributed by atoms with Gasteiger partial charge in [-0.15, -0.1) is 0 Å². The minimum absolute atomic E-state index is 0.243. The van der Waals surface area contributed by atoms with Crippen molar-refractivity contribution in [2.24, 2.45) is 5.84 Å². The maximum atomic E-state index is 13.7. The molecule has 3 N–H and O–H groups in total. The Kier molecular flexibility index (Phi) is 4.65. The summed E-state index contributed by atoms with van der Waals surface area (Å²) in [5.74, 6) is 2.44. The molecule has 0 spiro atoms. The molecule has 6 heteroatoms. The van der Waals surface area contributed by atoms with Crippen LogP contribution in [0.15, 0.2) is 36.4 Å². The summed E-state index contributed by atoms with van der Waals surface area (Å²) in [5.41, 5.74) is 2.85. The van der Waals surface area contributed by atoms with Crippen LogP contribution < -0.4 is 11.3 Å². The van der Waals surface area contributed by atoms with Crippen molar-refractivity contribution in [3.8, 4) is 0 Å². The van der Waals surface area contributed by atoms with Crippen LogP contribution in [0.3, 0.4) is 0 Å². The van der Waals surface area contributed by atoms with Crippen LogP contribution in [-0.4, -0.2) is 0 Å². The Morgan fingerprint density at radius 2 is 1.60 bits per heavy atom. The van der Waals surface area contributed by atoms with Crippen molar-refractivity contribution in [3.63, 3.8) is 0 Å². The molecule has 2 nitrogen and oxygen atoms in total. The first-order chi connectivity index (χ1) is 9.51. The Morgan fingerprint density at radius 1 is 1.05 bits per heavy atom. The summed E-state index contributed by atoms with van der Waals surface area (Å²) in [7, 11) is 0. The number of rotatable bonds is 4. The van der Waals surface area contributed by atoms with Crippen LogP contribution in [0.5, 0.6) is 0 Å². The molecule has 20 heavy (non-hydrogen) atoms. The van der Waals surface area contributed by atoms with Crippen molar-refractivity contribution in [2.75, 3.05) is 0 Å². The van der Waals surface area contributed by atoms with Crippen LogP contribution in [0.1, 0.15) is 17.2 Å². The fourth-order valence-corrected chi connectivity index (χ4v) is 2.11. The quantitative estimate of drug-likeness (QED) is 0.670. The summed E-state index contributed by atoms with van der Waals surface area (Å²) in [6.45, 7) is 0. The number of nitrogens with two attached hydrogens (primary N) is 1. The van der Waals surface area contributed by atoms with Gasteiger partial charge < -0.3 is 0 Å². The van der Waals surface area contributed by atoms with Gasteiger partial charge in [0.05, 0.1) is 6.04 Å². The van der Waals surface area contributed by atoms with E-state index in [1.807, 2.05) is 0 Å². The average molecular weight is 301 g/mol. The van der Waals surface area contributed by atoms with Gasteiger partial charge in [-0.05, 0) is 24.1 Å². The minimum atomic E-state index is -0.973. The highest BCUT2D eigenvalue weighted by molar-refractivity contribution is 6.30. The number of hydrogen-bond acceptors (Lipinski definition) is 2. The third-order valence-corrected chi connectivity index (χ3v) is 3.20. The molecule has 0 aliphatic heterocycles. The second-order valence-electron chi connectivity index (χ2n) is 4.33. The van der Waals surface area contributed by atoms with Crippen molar-refractivity contribution in [1.82, 2.24) is 5.43 Å². The lowest BCUT2D eigenvalue weighted by Crippen LogP contribution is -2.31. The molecule has 0 aliphatic rings. The smallest absolute Gasteiger partial charge is 0.133 e. The Labute approximate surface area is 119 Å². The molecule has 0 amide bonds. The molecule has 1 atom stereocenters. The van der Waals surface area contributed by atoms with Crippen LogP contribution in [-0.2, 0) is 6.42 Å². The van der Waals surface area contributed by atoms with Gasteiger partial charge in [0.15, 0.2) is 0 Å². The molecule has 0 saturated heterocycles. The first kappa shape index (κ1) is 14.8. The van der Waals surface area contributed by atoms with E-state index in [1.165, 1.54) is 0 Å². The molecule has 0 bridgehead atoms. The summed E-state index contributed by atoms with van der Waals surface area (Å²) >= 11 is 5.76. The number of halogens is 4. The summed E-state index contributed by atoms with van der Waals surface area (Å²) in [4.78, 5) is 0. The fraction of sp³-hybridized carbons (Fsp3) is 0.143. The molecule has 0 heterocycles. The molecule has 0 saturated carbocycles. The number of nitrogens with one attached hydrogen (secondary N) is 1. The summed E-state index contributed by atoms with van der Waals surface area (Å²) < 4.78 is 40.3. The number of hydrazine groups is 1. The van der Waals surface area contributed by atoms with Gasteiger partial charge in [0.2, 0.25) is 0 Å². The van der Waals surface area contributed by atoms with E-state index in [1.54, 1.807) is 24.3 Å². The zero-order valence-corrected chi connectivity index (χ0v) is 11.1. The number of hydrogen-bond donors (Lipinski definition) is 2. The lowest BCUT2D eigenvalue weighted by molar-refractivity contribution is 0.462. The molecule has 1 unspecified atom stereocenters. The highest BCUT2D eigenvalue weighted by Crippen LogP contribution is 2.25. The average Bonchev–Trinajstić information content (AvgIpc) is 2.38. The summed E-state index contributed by atoms with van der Waals surface area (Å²) in [6, 6.07) is 7.24. The van der Waals surface area contributed by atoms with E-state index >= 15 is 0 Å². The minimum Gasteiger partial charge on any atom is -0.271 e. The molecule has 0 fully saturated rings. The van der Waals surface area contributed by atoms with Gasteiger partial charge in [-0.3, -0.25) is 11.3 Å². The van der Waals surface area contributed by atoms with Crippen molar-refractivity contribution < 1.29 is 13.2 Å². The van der Waals surface area contributed by atoms with E-state index in [0.717, 1.165) is 5.56 Å². The van der Waals surface area contributed by atoms with E-state index in [2.05, 4.69) is 5.43 Å². The molecule has 2 aromatic carbocycles. The van der Waals surface area contributed by atoms with Crippen LogP contribution in [0.4, 0.5) is 13.2 Å². The lowest BCUT2D eigenvalue weighted by Gasteiger charge is -2.18. The maximum Gasteiger partial charge on any atom is 0.133 e. The van der Waals surface area contributed by atoms with E-state index in [0.29, 0.717) is 17.2 Å². The van der Waals surface area contributed by atoms with E-state index < -0.39 is 23.5 Å². The standard InChI is InChI=1S/C14H12ClF3N2/c15-9-3-1-8(2-4-9)5-13(20-19)14-11(17)6-10(16)7-12(14)18/h1-4,6-7,13,20H,5,19H2. The van der Waals surface area contributed by atoms with Crippen LogP contribution >= 0.6 is 11.6 Å². The monoisotopic (exact) mass is 300 g/mol. The zero-order valence-electron chi connectivity index (χ0n) is 10.3. The SMILES string of the molecule is NNC(Cc1ccc(Cl)cc1)c1c(F)cc(F)cc1F. The second-order valence-corrected chi connectivity index (χ2v) is 4.77. The Balaban J connectivity index is 2.31. The van der Waals surface area contributed by atoms with Crippen LogP contribution in [0.25, 0.3) is 0 Å². The maximum absolute atomic E-state index is 13.7. The third-order valence-electron chi connectivity index (χ3n) is 2.95. The summed E-state index contributed by atoms with van der Waals surface area (Å²) in [5, 5.41) is 0.560. The molecule has 2 aromatic rings. The molecular weight excluding hydrogens is 289 g/mol. The van der Waals surface area contributed by atoms with Crippen molar-refractivity contribution in [1.29, 1.82) is 0 Å². The van der Waals surface area contributed by atoms with Crippen molar-refractivity contribution in [3.05, 3.63) is 70.0 Å². The van der Waals surface area contributed by atoms with Gasteiger partial charge in [-0.1, -0.05) is 23.7 Å². The first-order valence-corrected chi connectivity index (χ1v) is 6.24. The third kappa shape index (κ3) is 3.30. The van der Waals surface area contributed by atoms with Gasteiger partial charge in [-0.2, -0.15) is 0 Å². The Bertz CT molecular complexity index is 579. The van der Waals surface area contributed by atoms with Gasteiger partial charge in [-0.25, -0.2) is 13.2 Å². The van der Waals surface area contributed by atoms with Gasteiger partial charge in [0.25, 0.3) is 0 Å². The van der Waals surface area contributed by atoms with E-state index in [9.17, 15) is 13.2 Å². The van der Waals surface area contributed by atoms with Gasteiger partial charge in [0, 0.05) is 22.7 Å². The highest BCUT2D eigenvalue weighted by atomic mass is 35.5. The highest BCUT2D eigenvalue weighted by Gasteiger charge is 2.20. The molecular formula is C14H12ClF3N2. The van der Waals surface area contributed by atoms with Gasteiger partial charge in [0.1, 0.15) is 17.5 Å². The van der Waals surface area contributed by atoms with Crippen LogP contribution in [0, 0.1) is 17.5 Å². The number of benzene rings is 2. The molecule has 106 valence electrons. The Morgan fingerprint density at radius 3 is 2.10 bits per heavy atom. The van der Waals surface area contributed by atoms with E-state index in [-0.39, 0.29) is 12.0 Å². The largest absolute Gasteiger partial charge is 0.271 e. The van der Waals surface area contributed by atoms with Crippen molar-refractivity contribution >= 4 is 11.6 Å². The Hall–Kier alpha value is -1.56. The first-order valence-electron chi connectivity index (χ1n) is 5.86. The normalized spacial score (nSPS) is 12.4. The molecule has 2 rings (SSSR count). The summed E-state index contributed by atoms with van der Waals surface area (Å²) in [6.07, 6.45) is 0.243. The van der Waals surface area contributed by atoms with E-state index in [4.69, 9.17) is 17.4 Å². The zero-order chi connectivity index (χ0) is 14.7. The predicted octanol–water partition coefficient (Wildman–Crippen LogP) is 3.50. The van der Waals surface area contributed by atoms with Crippen LogP contribution in [0.2, 0.25) is 5.02 Å². The fourth-order valence-electron chi connectivity index (χ4n) is 1.99. The van der Waals surface area contributed by atoms with Gasteiger partial charge >= 0.3 is 0 Å². The topological polar surface area (TPSA) is 38.0 Å². The predicted molar refractivity (Wildman–Crippen MR) is 71.5 cm³/mol. The van der Waals surface area contributed by atoms with Crippen molar-refractivity contribution in [2.45, 2.75) is 12.5 Å². The second kappa shape index (κ2) is 6.26. The molecule has 0 aromatic heterocycles. The lowest BCUT2D eigenvalue weighted by atomic mass is 9.98. The molecule has 0 aliphatic carbocycles. The molecule has 0 radical (unpaired) electrons.